The van der Waals surface area contributed by atoms with Crippen molar-refractivity contribution in [2.75, 3.05) is 13.1 Å². The normalized spacial score (nSPS) is 16.6. The van der Waals surface area contributed by atoms with E-state index in [1.165, 1.54) is 21.7 Å². The van der Waals surface area contributed by atoms with Gasteiger partial charge in [0.15, 0.2) is 9.90 Å². The SMILES string of the molecule is Cc1nc(C)c(S(=O)(=O)N2CC(c3cc(C(=O)O)n[nH]3)C2)s1. The second-order valence-electron chi connectivity index (χ2n) is 5.14. The minimum Gasteiger partial charge on any atom is -0.476 e. The van der Waals surface area contributed by atoms with Gasteiger partial charge in [-0.25, -0.2) is 18.2 Å². The molecular weight excluding hydrogens is 328 g/mol. The molecule has 0 saturated carbocycles. The zero-order valence-corrected chi connectivity index (χ0v) is 13.5. The maximum Gasteiger partial charge on any atom is 0.356 e. The van der Waals surface area contributed by atoms with E-state index in [9.17, 15) is 13.2 Å². The van der Waals surface area contributed by atoms with Crippen molar-refractivity contribution in [3.8, 4) is 0 Å². The molecule has 0 radical (unpaired) electrons. The molecule has 0 aromatic carbocycles. The molecule has 1 aliphatic heterocycles. The van der Waals surface area contributed by atoms with Crippen LogP contribution in [-0.4, -0.2) is 52.1 Å². The molecule has 10 heteroatoms. The number of aryl methyl sites for hydroxylation is 2. The smallest absolute Gasteiger partial charge is 0.356 e. The van der Waals surface area contributed by atoms with E-state index in [2.05, 4.69) is 15.2 Å². The van der Waals surface area contributed by atoms with E-state index in [0.29, 0.717) is 29.5 Å². The maximum absolute atomic E-state index is 12.5. The first-order valence-corrected chi connectivity index (χ1v) is 8.77. The number of carbonyl (C=O) groups is 1. The average Bonchev–Trinajstić information content (AvgIpc) is 2.94. The van der Waals surface area contributed by atoms with E-state index in [1.54, 1.807) is 13.8 Å². The van der Waals surface area contributed by atoms with E-state index >= 15 is 0 Å². The fourth-order valence-electron chi connectivity index (χ4n) is 2.36. The number of sulfonamides is 1. The summed E-state index contributed by atoms with van der Waals surface area (Å²) >= 11 is 1.17. The number of nitrogens with zero attached hydrogens (tertiary/aromatic N) is 3. The second-order valence-corrected chi connectivity index (χ2v) is 8.47. The van der Waals surface area contributed by atoms with Gasteiger partial charge in [-0.3, -0.25) is 5.10 Å². The van der Waals surface area contributed by atoms with E-state index < -0.39 is 16.0 Å². The summed E-state index contributed by atoms with van der Waals surface area (Å²) in [5.74, 6) is -1.17. The van der Waals surface area contributed by atoms with Crippen molar-refractivity contribution in [1.82, 2.24) is 19.5 Å². The predicted octanol–water partition coefficient (Wildman–Crippen LogP) is 0.969. The highest BCUT2D eigenvalue weighted by Gasteiger charge is 2.40. The molecule has 2 N–H and O–H groups in total. The number of rotatable bonds is 4. The van der Waals surface area contributed by atoms with Crippen LogP contribution in [0.2, 0.25) is 0 Å². The van der Waals surface area contributed by atoms with Crippen molar-refractivity contribution in [3.05, 3.63) is 28.2 Å². The Kier molecular flexibility index (Phi) is 3.54. The van der Waals surface area contributed by atoms with Crippen molar-refractivity contribution >= 4 is 27.3 Å². The summed E-state index contributed by atoms with van der Waals surface area (Å²) in [5.41, 5.74) is 1.09. The molecule has 0 unspecified atom stereocenters. The molecule has 0 atom stereocenters. The third kappa shape index (κ3) is 2.42. The van der Waals surface area contributed by atoms with Crippen LogP contribution in [-0.2, 0) is 10.0 Å². The van der Waals surface area contributed by atoms with Gasteiger partial charge in [0.2, 0.25) is 0 Å². The van der Waals surface area contributed by atoms with Gasteiger partial charge in [0.1, 0.15) is 0 Å². The number of carboxylic acid groups (broad SMARTS) is 1. The molecule has 0 spiro atoms. The van der Waals surface area contributed by atoms with Gasteiger partial charge in [-0.2, -0.15) is 9.40 Å². The Bertz CT molecular complexity index is 833. The van der Waals surface area contributed by atoms with Crippen molar-refractivity contribution in [2.45, 2.75) is 24.0 Å². The van der Waals surface area contributed by atoms with Gasteiger partial charge in [-0.1, -0.05) is 0 Å². The average molecular weight is 342 g/mol. The topological polar surface area (TPSA) is 116 Å². The van der Waals surface area contributed by atoms with E-state index in [0.717, 1.165) is 0 Å². The molecule has 3 heterocycles. The number of thiazole rings is 1. The number of H-pyrrole nitrogens is 1. The Labute approximate surface area is 130 Å². The lowest BCUT2D eigenvalue weighted by atomic mass is 9.99. The highest BCUT2D eigenvalue weighted by molar-refractivity contribution is 7.91. The van der Waals surface area contributed by atoms with Gasteiger partial charge in [0.05, 0.1) is 10.7 Å². The first-order chi connectivity index (χ1) is 10.3. The van der Waals surface area contributed by atoms with E-state index in [1.807, 2.05) is 0 Å². The molecule has 22 heavy (non-hydrogen) atoms. The Balaban J connectivity index is 1.75. The predicted molar refractivity (Wildman–Crippen MR) is 78.6 cm³/mol. The summed E-state index contributed by atoms with van der Waals surface area (Å²) in [6.45, 7) is 4.06. The van der Waals surface area contributed by atoms with Crippen LogP contribution in [0.4, 0.5) is 0 Å². The molecule has 1 aliphatic rings. The lowest BCUT2D eigenvalue weighted by Gasteiger charge is -2.37. The van der Waals surface area contributed by atoms with Crippen molar-refractivity contribution in [2.24, 2.45) is 0 Å². The number of carboxylic acids is 1. The standard InChI is InChI=1S/C12H14N4O4S2/c1-6-12(21-7(2)13-6)22(19,20)16-4-8(5-16)9-3-10(11(17)18)15-14-9/h3,8H,4-5H2,1-2H3,(H,14,15)(H,17,18). The fraction of sp³-hybridized carbons (Fsp3) is 0.417. The highest BCUT2D eigenvalue weighted by Crippen LogP contribution is 2.34. The number of aromatic nitrogens is 3. The number of hydrogen-bond donors (Lipinski definition) is 2. The van der Waals surface area contributed by atoms with Gasteiger partial charge in [0, 0.05) is 24.7 Å². The molecule has 2 aromatic rings. The summed E-state index contributed by atoms with van der Waals surface area (Å²) in [6, 6.07) is 1.44. The lowest BCUT2D eigenvalue weighted by molar-refractivity contribution is 0.0690. The summed E-state index contributed by atoms with van der Waals surface area (Å²) in [4.78, 5) is 14.9. The molecule has 0 aliphatic carbocycles. The minimum atomic E-state index is -3.52. The van der Waals surface area contributed by atoms with Gasteiger partial charge in [-0.15, -0.1) is 11.3 Å². The van der Waals surface area contributed by atoms with Gasteiger partial charge >= 0.3 is 5.97 Å². The summed E-state index contributed by atoms with van der Waals surface area (Å²) in [6.07, 6.45) is 0. The molecule has 8 nitrogen and oxygen atoms in total. The molecule has 0 amide bonds. The zero-order chi connectivity index (χ0) is 16.1. The molecule has 3 rings (SSSR count). The Hall–Kier alpha value is -1.78. The molecule has 1 fully saturated rings. The largest absolute Gasteiger partial charge is 0.476 e. The zero-order valence-electron chi connectivity index (χ0n) is 11.9. The van der Waals surface area contributed by atoms with Crippen LogP contribution in [0.1, 0.15) is 32.8 Å². The molecule has 0 bridgehead atoms. The number of nitrogens with one attached hydrogen (secondary N) is 1. The molecule has 2 aromatic heterocycles. The minimum absolute atomic E-state index is 0.0646. The van der Waals surface area contributed by atoms with Crippen LogP contribution in [0, 0.1) is 13.8 Å². The molecule has 118 valence electrons. The van der Waals surface area contributed by atoms with Crippen molar-refractivity contribution in [1.29, 1.82) is 0 Å². The van der Waals surface area contributed by atoms with Crippen LogP contribution in [0.5, 0.6) is 0 Å². The van der Waals surface area contributed by atoms with Crippen LogP contribution in [0.3, 0.4) is 0 Å². The number of aromatic carboxylic acids is 1. The Morgan fingerprint density at radius 3 is 2.64 bits per heavy atom. The Morgan fingerprint density at radius 2 is 2.14 bits per heavy atom. The van der Waals surface area contributed by atoms with E-state index in [-0.39, 0.29) is 15.8 Å². The van der Waals surface area contributed by atoms with Crippen LogP contribution < -0.4 is 0 Å². The summed E-state index contributed by atoms with van der Waals surface area (Å²) in [7, 11) is -3.52. The summed E-state index contributed by atoms with van der Waals surface area (Å²) < 4.78 is 26.7. The maximum atomic E-state index is 12.5. The van der Waals surface area contributed by atoms with Gasteiger partial charge in [0.25, 0.3) is 10.0 Å². The summed E-state index contributed by atoms with van der Waals surface area (Å²) in [5, 5.41) is 15.9. The number of hydrogen-bond acceptors (Lipinski definition) is 6. The van der Waals surface area contributed by atoms with Crippen molar-refractivity contribution in [3.63, 3.8) is 0 Å². The lowest BCUT2D eigenvalue weighted by Crippen LogP contribution is -2.48. The van der Waals surface area contributed by atoms with E-state index in [4.69, 9.17) is 5.11 Å². The number of aromatic amines is 1. The first-order valence-electron chi connectivity index (χ1n) is 6.52. The third-order valence-corrected chi connectivity index (χ3v) is 7.03. The highest BCUT2D eigenvalue weighted by atomic mass is 32.2. The second kappa shape index (κ2) is 5.14. The monoisotopic (exact) mass is 342 g/mol. The quantitative estimate of drug-likeness (QED) is 0.855. The van der Waals surface area contributed by atoms with Gasteiger partial charge in [-0.05, 0) is 19.9 Å². The molecular formula is C12H14N4O4S2. The van der Waals surface area contributed by atoms with Crippen LogP contribution in [0.25, 0.3) is 0 Å². The molecule has 1 saturated heterocycles. The Morgan fingerprint density at radius 1 is 1.45 bits per heavy atom. The van der Waals surface area contributed by atoms with Crippen molar-refractivity contribution < 1.29 is 18.3 Å². The van der Waals surface area contributed by atoms with Crippen LogP contribution in [0.15, 0.2) is 10.3 Å². The third-order valence-electron chi connectivity index (χ3n) is 3.54. The van der Waals surface area contributed by atoms with Crippen LogP contribution >= 0.6 is 11.3 Å². The fourth-order valence-corrected chi connectivity index (χ4v) is 5.50. The first kappa shape index (κ1) is 15.1. The van der Waals surface area contributed by atoms with Gasteiger partial charge < -0.3 is 5.11 Å².